The normalized spacial score (nSPS) is 17.5. The largest absolute Gasteiger partial charge is 0.464 e. The molecule has 1 aromatic carbocycles. The average molecular weight is 302 g/mol. The van der Waals surface area contributed by atoms with Crippen LogP contribution in [-0.2, 0) is 16.0 Å². The summed E-state index contributed by atoms with van der Waals surface area (Å²) in [6.45, 7) is 0.361. The van der Waals surface area contributed by atoms with Crippen molar-refractivity contribution < 1.29 is 14.3 Å². The zero-order valence-electron chi connectivity index (χ0n) is 11.2. The fourth-order valence-corrected chi connectivity index (χ4v) is 2.93. The van der Waals surface area contributed by atoms with Gasteiger partial charge >= 0.3 is 5.97 Å². The van der Waals surface area contributed by atoms with E-state index >= 15 is 0 Å². The Morgan fingerprint density at radius 1 is 1.38 bits per heavy atom. The number of nitrogens with one attached hydrogen (secondary N) is 1. The van der Waals surface area contributed by atoms with E-state index < -0.39 is 6.04 Å². The lowest BCUT2D eigenvalue weighted by Crippen LogP contribution is -2.38. The molecule has 0 saturated carbocycles. The van der Waals surface area contributed by atoms with Gasteiger partial charge in [-0.1, -0.05) is 30.3 Å². The van der Waals surface area contributed by atoms with E-state index in [1.54, 1.807) is 5.38 Å². The summed E-state index contributed by atoms with van der Waals surface area (Å²) in [5.41, 5.74) is 1.50. The molecule has 6 heteroatoms. The van der Waals surface area contributed by atoms with Crippen molar-refractivity contribution in [1.29, 1.82) is 0 Å². The molecule has 1 aliphatic rings. The third-order valence-electron chi connectivity index (χ3n) is 3.22. The average Bonchev–Trinajstić information content (AvgIpc) is 3.10. The van der Waals surface area contributed by atoms with Gasteiger partial charge in [-0.2, -0.15) is 0 Å². The van der Waals surface area contributed by atoms with Crippen LogP contribution in [0.25, 0.3) is 0 Å². The first-order chi connectivity index (χ1) is 10.2. The number of thiazole rings is 1. The molecule has 1 fully saturated rings. The number of amides is 1. The van der Waals surface area contributed by atoms with Crippen LogP contribution in [0.3, 0.4) is 0 Å². The molecule has 0 aliphatic carbocycles. The molecule has 5 nitrogen and oxygen atoms in total. The first-order valence-electron chi connectivity index (χ1n) is 6.68. The molecule has 108 valence electrons. The molecule has 0 spiro atoms. The molecule has 0 radical (unpaired) electrons. The predicted molar refractivity (Wildman–Crippen MR) is 78.2 cm³/mol. The van der Waals surface area contributed by atoms with Gasteiger partial charge < -0.3 is 10.1 Å². The summed E-state index contributed by atoms with van der Waals surface area (Å²) in [6.07, 6.45) is 1.22. The van der Waals surface area contributed by atoms with Crippen molar-refractivity contribution in [2.75, 3.05) is 6.61 Å². The summed E-state index contributed by atoms with van der Waals surface area (Å²) in [5.74, 6) is -0.697. The van der Waals surface area contributed by atoms with Gasteiger partial charge in [0.15, 0.2) is 0 Å². The molecule has 2 heterocycles. The number of carbonyl (C=O) groups excluding carboxylic acids is 2. The van der Waals surface area contributed by atoms with Crippen LogP contribution >= 0.6 is 11.3 Å². The Morgan fingerprint density at radius 3 is 2.90 bits per heavy atom. The molecule has 1 atom stereocenters. The molecule has 0 bridgehead atoms. The van der Waals surface area contributed by atoms with E-state index in [4.69, 9.17) is 4.74 Å². The summed E-state index contributed by atoms with van der Waals surface area (Å²) < 4.78 is 4.81. The van der Waals surface area contributed by atoms with Gasteiger partial charge in [-0.3, -0.25) is 4.79 Å². The Balaban J connectivity index is 1.64. The highest BCUT2D eigenvalue weighted by atomic mass is 32.1. The Kier molecular flexibility index (Phi) is 3.96. The predicted octanol–water partition coefficient (Wildman–Crippen LogP) is 1.78. The molecule has 2 aromatic rings. The molecule has 1 saturated heterocycles. The number of ether oxygens (including phenoxy) is 1. The summed E-state index contributed by atoms with van der Waals surface area (Å²) in [7, 11) is 0. The quantitative estimate of drug-likeness (QED) is 0.874. The van der Waals surface area contributed by atoms with Crippen molar-refractivity contribution in [1.82, 2.24) is 10.3 Å². The van der Waals surface area contributed by atoms with Gasteiger partial charge in [0, 0.05) is 18.2 Å². The van der Waals surface area contributed by atoms with Crippen molar-refractivity contribution >= 4 is 23.2 Å². The van der Waals surface area contributed by atoms with Crippen LogP contribution in [0.1, 0.15) is 27.5 Å². The maximum atomic E-state index is 12.0. The molecule has 0 unspecified atom stereocenters. The molecule has 21 heavy (non-hydrogen) atoms. The zero-order valence-corrected chi connectivity index (χ0v) is 12.1. The second-order valence-corrected chi connectivity index (χ2v) is 5.71. The highest BCUT2D eigenvalue weighted by Gasteiger charge is 2.28. The van der Waals surface area contributed by atoms with Gasteiger partial charge in [0.25, 0.3) is 5.91 Å². The molecular weight excluding hydrogens is 288 g/mol. The fraction of sp³-hybridized carbons (Fsp3) is 0.267. The highest BCUT2D eigenvalue weighted by molar-refractivity contribution is 7.09. The lowest BCUT2D eigenvalue weighted by Gasteiger charge is -2.06. The number of cyclic esters (lactones) is 1. The second kappa shape index (κ2) is 6.05. The standard InChI is InChI=1S/C15H14N2O3S/c18-14(17-11-6-7-20-15(11)19)12-9-21-13(16-12)8-10-4-2-1-3-5-10/h1-5,9,11H,6-8H2,(H,17,18)/t11-/m0/s1. The number of rotatable bonds is 4. The SMILES string of the molecule is O=C(N[C@H]1CCOC1=O)c1csc(Cc2ccccc2)n1. The van der Waals surface area contributed by atoms with E-state index in [2.05, 4.69) is 10.3 Å². The highest BCUT2D eigenvalue weighted by Crippen LogP contribution is 2.15. The van der Waals surface area contributed by atoms with Crippen molar-refractivity contribution in [2.45, 2.75) is 18.9 Å². The summed E-state index contributed by atoms with van der Waals surface area (Å²) in [6, 6.07) is 9.41. The van der Waals surface area contributed by atoms with E-state index in [-0.39, 0.29) is 11.9 Å². The zero-order chi connectivity index (χ0) is 14.7. The van der Waals surface area contributed by atoms with E-state index in [0.29, 0.717) is 25.1 Å². The number of benzene rings is 1. The fourth-order valence-electron chi connectivity index (χ4n) is 2.13. The maximum Gasteiger partial charge on any atom is 0.328 e. The van der Waals surface area contributed by atoms with Gasteiger partial charge in [-0.05, 0) is 5.56 Å². The van der Waals surface area contributed by atoms with Gasteiger partial charge in [0.2, 0.25) is 0 Å². The van der Waals surface area contributed by atoms with Crippen LogP contribution in [0.2, 0.25) is 0 Å². The van der Waals surface area contributed by atoms with Crippen LogP contribution in [-0.4, -0.2) is 29.5 Å². The molecule has 3 rings (SSSR count). The number of aromatic nitrogens is 1. The minimum atomic E-state index is -0.545. The molecule has 1 N–H and O–H groups in total. The van der Waals surface area contributed by atoms with Gasteiger partial charge in [0.05, 0.1) is 11.6 Å². The van der Waals surface area contributed by atoms with E-state index in [1.807, 2.05) is 30.3 Å². The molecular formula is C15H14N2O3S. The van der Waals surface area contributed by atoms with Crippen LogP contribution in [0, 0.1) is 0 Å². The van der Waals surface area contributed by atoms with Crippen LogP contribution in [0.15, 0.2) is 35.7 Å². The topological polar surface area (TPSA) is 68.3 Å². The Labute approximate surface area is 126 Å². The minimum Gasteiger partial charge on any atom is -0.464 e. The second-order valence-electron chi connectivity index (χ2n) is 4.77. The lowest BCUT2D eigenvalue weighted by molar-refractivity contribution is -0.139. The number of hydrogen-bond donors (Lipinski definition) is 1. The summed E-state index contributed by atoms with van der Waals surface area (Å²) in [5, 5.41) is 5.24. The van der Waals surface area contributed by atoms with Gasteiger partial charge in [-0.15, -0.1) is 11.3 Å². The van der Waals surface area contributed by atoms with Gasteiger partial charge in [-0.25, -0.2) is 9.78 Å². The maximum absolute atomic E-state index is 12.0. The minimum absolute atomic E-state index is 0.325. The monoisotopic (exact) mass is 302 g/mol. The smallest absolute Gasteiger partial charge is 0.328 e. The van der Waals surface area contributed by atoms with Crippen molar-refractivity contribution in [3.8, 4) is 0 Å². The molecule has 1 aliphatic heterocycles. The van der Waals surface area contributed by atoms with Gasteiger partial charge in [0.1, 0.15) is 11.7 Å². The Hall–Kier alpha value is -2.21. The van der Waals surface area contributed by atoms with Crippen molar-refractivity contribution in [3.63, 3.8) is 0 Å². The number of esters is 1. The van der Waals surface area contributed by atoms with Crippen molar-refractivity contribution in [2.24, 2.45) is 0 Å². The third kappa shape index (κ3) is 3.28. The Morgan fingerprint density at radius 2 is 2.19 bits per heavy atom. The Bertz CT molecular complexity index is 654. The molecule has 1 amide bonds. The first kappa shape index (κ1) is 13.8. The van der Waals surface area contributed by atoms with Crippen molar-refractivity contribution in [3.05, 3.63) is 52.0 Å². The van der Waals surface area contributed by atoms with Crippen LogP contribution < -0.4 is 5.32 Å². The van der Waals surface area contributed by atoms with E-state index in [1.165, 1.54) is 11.3 Å². The number of carbonyl (C=O) groups is 2. The van der Waals surface area contributed by atoms with E-state index in [0.717, 1.165) is 10.6 Å². The number of hydrogen-bond acceptors (Lipinski definition) is 5. The van der Waals surface area contributed by atoms with Crippen LogP contribution in [0.5, 0.6) is 0 Å². The third-order valence-corrected chi connectivity index (χ3v) is 4.07. The summed E-state index contributed by atoms with van der Waals surface area (Å²) in [4.78, 5) is 27.7. The lowest BCUT2D eigenvalue weighted by atomic mass is 10.2. The molecule has 1 aromatic heterocycles. The summed E-state index contributed by atoms with van der Waals surface area (Å²) >= 11 is 1.44. The van der Waals surface area contributed by atoms with Crippen LogP contribution in [0.4, 0.5) is 0 Å². The number of nitrogens with zero attached hydrogens (tertiary/aromatic N) is 1. The first-order valence-corrected chi connectivity index (χ1v) is 7.56. The van der Waals surface area contributed by atoms with E-state index in [9.17, 15) is 9.59 Å².